The molecule has 0 saturated heterocycles. The molecule has 6 nitrogen and oxygen atoms in total. The lowest BCUT2D eigenvalue weighted by Crippen LogP contribution is -2.29. The van der Waals surface area contributed by atoms with Crippen LogP contribution in [0.4, 0.5) is 5.69 Å². The van der Waals surface area contributed by atoms with E-state index < -0.39 is 0 Å². The molecule has 3 rings (SSSR count). The third-order valence-electron chi connectivity index (χ3n) is 4.22. The second-order valence-corrected chi connectivity index (χ2v) is 7.76. The van der Waals surface area contributed by atoms with Crippen LogP contribution in [0.5, 0.6) is 0 Å². The van der Waals surface area contributed by atoms with Crippen molar-refractivity contribution >= 4 is 35.1 Å². The first-order chi connectivity index (χ1) is 13.0. The molecule has 0 unspecified atom stereocenters. The van der Waals surface area contributed by atoms with Gasteiger partial charge >= 0.3 is 0 Å². The number of amides is 1. The van der Waals surface area contributed by atoms with Crippen LogP contribution in [-0.2, 0) is 17.8 Å². The van der Waals surface area contributed by atoms with Gasteiger partial charge in [0, 0.05) is 26.3 Å². The highest BCUT2D eigenvalue weighted by atomic mass is 32.1. The number of nitrogens with one attached hydrogen (secondary N) is 2. The Labute approximate surface area is 167 Å². The lowest BCUT2D eigenvalue weighted by atomic mass is 10.1. The number of benzene rings is 1. The van der Waals surface area contributed by atoms with Crippen LogP contribution in [0.25, 0.3) is 10.7 Å². The lowest BCUT2D eigenvalue weighted by Gasteiger charge is -2.12. The fourth-order valence-electron chi connectivity index (χ4n) is 2.74. The first-order valence-corrected chi connectivity index (χ1v) is 10.1. The Bertz CT molecular complexity index is 926. The molecule has 0 bridgehead atoms. The monoisotopic (exact) mass is 401 g/mol. The van der Waals surface area contributed by atoms with E-state index in [2.05, 4.69) is 44.7 Å². The molecule has 142 valence electrons. The number of H-pyrrole nitrogens is 1. The minimum atomic E-state index is -0.0618. The van der Waals surface area contributed by atoms with Crippen molar-refractivity contribution in [1.29, 1.82) is 0 Å². The van der Waals surface area contributed by atoms with Crippen LogP contribution in [0.15, 0.2) is 41.8 Å². The Kier molecular flexibility index (Phi) is 6.41. The summed E-state index contributed by atoms with van der Waals surface area (Å²) in [7, 11) is 4.06. The van der Waals surface area contributed by atoms with Gasteiger partial charge in [0.15, 0.2) is 10.6 Å². The molecule has 0 aliphatic carbocycles. The van der Waals surface area contributed by atoms with Crippen LogP contribution in [0, 0.1) is 4.77 Å². The highest BCUT2D eigenvalue weighted by Crippen LogP contribution is 2.22. The molecule has 0 radical (unpaired) electrons. The van der Waals surface area contributed by atoms with Crippen molar-refractivity contribution < 1.29 is 4.79 Å². The van der Waals surface area contributed by atoms with Gasteiger partial charge in [-0.05, 0) is 54.2 Å². The number of hydrogen-bond donors (Lipinski definition) is 2. The van der Waals surface area contributed by atoms with Crippen molar-refractivity contribution in [1.82, 2.24) is 20.1 Å². The molecule has 0 aliphatic heterocycles. The number of carbonyl (C=O) groups is 1. The third kappa shape index (κ3) is 5.05. The summed E-state index contributed by atoms with van der Waals surface area (Å²) >= 11 is 6.83. The zero-order chi connectivity index (χ0) is 19.2. The minimum Gasteiger partial charge on any atom is -0.378 e. The van der Waals surface area contributed by atoms with Crippen LogP contribution < -0.4 is 10.2 Å². The van der Waals surface area contributed by atoms with Crippen LogP contribution in [0.3, 0.4) is 0 Å². The second-order valence-electron chi connectivity index (χ2n) is 6.43. The highest BCUT2D eigenvalue weighted by Gasteiger charge is 2.12. The highest BCUT2D eigenvalue weighted by molar-refractivity contribution is 7.71. The summed E-state index contributed by atoms with van der Waals surface area (Å²) in [6.07, 6.45) is 1.82. The van der Waals surface area contributed by atoms with E-state index in [0.717, 1.165) is 17.7 Å². The van der Waals surface area contributed by atoms with Crippen LogP contribution in [-0.4, -0.2) is 41.3 Å². The topological polar surface area (TPSA) is 66.0 Å². The van der Waals surface area contributed by atoms with Crippen LogP contribution in [0.1, 0.15) is 12.0 Å². The van der Waals surface area contributed by atoms with Gasteiger partial charge in [-0.15, -0.1) is 11.3 Å². The summed E-state index contributed by atoms with van der Waals surface area (Å²) in [4.78, 5) is 15.4. The summed E-state index contributed by atoms with van der Waals surface area (Å²) in [6, 6.07) is 12.4. The molecule has 3 aromatic rings. The zero-order valence-electron chi connectivity index (χ0n) is 15.4. The minimum absolute atomic E-state index is 0.0618. The molecule has 8 heteroatoms. The number of rotatable bonds is 8. The first-order valence-electron chi connectivity index (χ1n) is 8.76. The number of aromatic nitrogens is 3. The standard InChI is InChI=1S/C19H23N5OS2/c1-23(2)15-9-7-14(8-10-15)5-3-11-20-17(25)13-24-18(21-22-19(24)26)16-6-4-12-27-16/h4,6-10,12H,3,5,11,13H2,1-2H3,(H,20,25)(H,22,26). The average molecular weight is 402 g/mol. The molecule has 2 aromatic heterocycles. The number of anilines is 1. The summed E-state index contributed by atoms with van der Waals surface area (Å²) < 4.78 is 2.19. The maximum Gasteiger partial charge on any atom is 0.240 e. The van der Waals surface area contributed by atoms with E-state index in [0.29, 0.717) is 17.1 Å². The van der Waals surface area contributed by atoms with Gasteiger partial charge in [-0.1, -0.05) is 18.2 Å². The van der Waals surface area contributed by atoms with E-state index in [-0.39, 0.29) is 12.5 Å². The van der Waals surface area contributed by atoms with Gasteiger partial charge < -0.3 is 10.2 Å². The SMILES string of the molecule is CN(C)c1ccc(CCCNC(=O)Cn2c(-c3cccs3)n[nH]c2=S)cc1. The largest absolute Gasteiger partial charge is 0.378 e. The van der Waals surface area contributed by atoms with Crippen molar-refractivity contribution in [3.63, 3.8) is 0 Å². The van der Waals surface area contributed by atoms with E-state index in [9.17, 15) is 4.79 Å². The average Bonchev–Trinajstić information content (AvgIpc) is 3.30. The zero-order valence-corrected chi connectivity index (χ0v) is 17.1. The van der Waals surface area contributed by atoms with Gasteiger partial charge in [0.2, 0.25) is 5.91 Å². The Balaban J connectivity index is 1.48. The number of hydrogen-bond acceptors (Lipinski definition) is 5. The van der Waals surface area contributed by atoms with E-state index >= 15 is 0 Å². The van der Waals surface area contributed by atoms with Crippen molar-refractivity contribution in [2.24, 2.45) is 0 Å². The second kappa shape index (κ2) is 8.96. The van der Waals surface area contributed by atoms with Gasteiger partial charge in [-0.2, -0.15) is 5.10 Å². The van der Waals surface area contributed by atoms with Gasteiger partial charge in [0.25, 0.3) is 0 Å². The molecule has 27 heavy (non-hydrogen) atoms. The van der Waals surface area contributed by atoms with Crippen molar-refractivity contribution in [3.05, 3.63) is 52.1 Å². The molecular formula is C19H23N5OS2. The molecular weight excluding hydrogens is 378 g/mol. The Hall–Kier alpha value is -2.45. The van der Waals surface area contributed by atoms with Gasteiger partial charge in [0.1, 0.15) is 6.54 Å². The summed E-state index contributed by atoms with van der Waals surface area (Å²) in [5, 5.41) is 12.0. The Morgan fingerprint density at radius 1 is 1.30 bits per heavy atom. The molecule has 2 heterocycles. The first kappa shape index (κ1) is 19.3. The smallest absolute Gasteiger partial charge is 0.240 e. The van der Waals surface area contributed by atoms with Crippen molar-refractivity contribution in [2.45, 2.75) is 19.4 Å². The number of thiophene rings is 1. The summed E-state index contributed by atoms with van der Waals surface area (Å²) in [6.45, 7) is 0.799. The van der Waals surface area contributed by atoms with E-state index in [1.54, 1.807) is 15.9 Å². The van der Waals surface area contributed by atoms with Crippen LogP contribution in [0.2, 0.25) is 0 Å². The van der Waals surface area contributed by atoms with Gasteiger partial charge in [0.05, 0.1) is 4.88 Å². The van der Waals surface area contributed by atoms with E-state index in [1.165, 1.54) is 11.3 Å². The van der Waals surface area contributed by atoms with E-state index in [4.69, 9.17) is 12.2 Å². The maximum atomic E-state index is 12.3. The Morgan fingerprint density at radius 2 is 2.07 bits per heavy atom. The third-order valence-corrected chi connectivity index (χ3v) is 5.40. The number of carbonyl (C=O) groups excluding carboxylic acids is 1. The summed E-state index contributed by atoms with van der Waals surface area (Å²) in [5.74, 6) is 0.638. The lowest BCUT2D eigenvalue weighted by molar-refractivity contribution is -0.121. The molecule has 1 amide bonds. The van der Waals surface area contributed by atoms with E-state index in [1.807, 2.05) is 31.6 Å². The fourth-order valence-corrected chi connectivity index (χ4v) is 3.66. The quantitative estimate of drug-likeness (QED) is 0.448. The molecule has 2 N–H and O–H groups in total. The maximum absolute atomic E-state index is 12.3. The number of aromatic amines is 1. The molecule has 0 atom stereocenters. The number of aryl methyl sites for hydroxylation is 1. The molecule has 1 aromatic carbocycles. The molecule has 0 saturated carbocycles. The number of nitrogens with zero attached hydrogens (tertiary/aromatic N) is 3. The predicted molar refractivity (Wildman–Crippen MR) is 113 cm³/mol. The van der Waals surface area contributed by atoms with Crippen LogP contribution >= 0.6 is 23.6 Å². The van der Waals surface area contributed by atoms with Crippen molar-refractivity contribution in [3.8, 4) is 10.7 Å². The van der Waals surface area contributed by atoms with Crippen molar-refractivity contribution in [2.75, 3.05) is 25.5 Å². The van der Waals surface area contributed by atoms with Gasteiger partial charge in [-0.3, -0.25) is 14.5 Å². The Morgan fingerprint density at radius 3 is 2.74 bits per heavy atom. The summed E-state index contributed by atoms with van der Waals surface area (Å²) in [5.41, 5.74) is 2.46. The van der Waals surface area contributed by atoms with Gasteiger partial charge in [-0.25, -0.2) is 0 Å². The predicted octanol–water partition coefficient (Wildman–Crippen LogP) is 3.48. The molecule has 0 spiro atoms. The normalized spacial score (nSPS) is 10.7. The fraction of sp³-hybridized carbons (Fsp3) is 0.316. The molecule has 0 aliphatic rings. The molecule has 0 fully saturated rings.